The first-order valence-corrected chi connectivity index (χ1v) is 8.03. The average Bonchev–Trinajstić information content (AvgIpc) is 2.58. The Kier molecular flexibility index (Phi) is 4.47. The zero-order chi connectivity index (χ0) is 17.1. The van der Waals surface area contributed by atoms with Crippen LogP contribution in [0, 0.1) is 13.8 Å². The average molecular weight is 320 g/mol. The number of nitrogens with one attached hydrogen (secondary N) is 2. The third-order valence-electron chi connectivity index (χ3n) is 4.18. The van der Waals surface area contributed by atoms with E-state index in [2.05, 4.69) is 22.4 Å². The van der Waals surface area contributed by atoms with Crippen molar-refractivity contribution in [3.05, 3.63) is 65.7 Å². The minimum atomic E-state index is -0.0311. The molecule has 0 radical (unpaired) electrons. The number of likely N-dealkylation sites (N-methyl/N-ethyl adjacent to an activating group) is 1. The largest absolute Gasteiger partial charge is 0.322 e. The van der Waals surface area contributed by atoms with E-state index in [0.29, 0.717) is 0 Å². The number of H-pyrrole nitrogens is 1. The third-order valence-corrected chi connectivity index (χ3v) is 4.18. The Hall–Kier alpha value is -2.88. The molecule has 1 aromatic heterocycles. The molecular formula is C20H22N3O+. The lowest BCUT2D eigenvalue weighted by Gasteiger charge is -2.14. The van der Waals surface area contributed by atoms with Gasteiger partial charge in [-0.05, 0) is 37.1 Å². The molecule has 1 amide bonds. The molecule has 4 heteroatoms. The number of amides is 1. The Morgan fingerprint density at radius 3 is 2.46 bits per heavy atom. The lowest BCUT2D eigenvalue weighted by Crippen LogP contribution is -2.33. The highest BCUT2D eigenvalue weighted by molar-refractivity contribution is 5.95. The zero-order valence-corrected chi connectivity index (χ0v) is 14.3. The SMILES string of the molecule is Cc1cccc(C)c1NC(=O)CN(C)c1ccc2ccccc2[nH+]1. The molecule has 2 aromatic carbocycles. The molecule has 0 saturated heterocycles. The fourth-order valence-electron chi connectivity index (χ4n) is 2.82. The maximum Gasteiger partial charge on any atom is 0.275 e. The van der Waals surface area contributed by atoms with Gasteiger partial charge in [0.15, 0.2) is 6.54 Å². The smallest absolute Gasteiger partial charge is 0.275 e. The molecule has 3 rings (SSSR count). The summed E-state index contributed by atoms with van der Waals surface area (Å²) in [6, 6.07) is 18.2. The summed E-state index contributed by atoms with van der Waals surface area (Å²) in [4.78, 5) is 17.7. The van der Waals surface area contributed by atoms with E-state index in [1.807, 2.05) is 68.3 Å². The Balaban J connectivity index is 1.73. The summed E-state index contributed by atoms with van der Waals surface area (Å²) in [5.74, 6) is 0.877. The van der Waals surface area contributed by atoms with Crippen molar-refractivity contribution in [1.82, 2.24) is 0 Å². The van der Waals surface area contributed by atoms with Crippen LogP contribution in [0.4, 0.5) is 11.5 Å². The number of anilines is 2. The molecular weight excluding hydrogens is 298 g/mol. The zero-order valence-electron chi connectivity index (χ0n) is 14.3. The van der Waals surface area contributed by atoms with Crippen LogP contribution in [0.25, 0.3) is 10.9 Å². The van der Waals surface area contributed by atoms with E-state index in [1.165, 1.54) is 0 Å². The number of pyridine rings is 1. The van der Waals surface area contributed by atoms with E-state index in [1.54, 1.807) is 0 Å². The number of aromatic nitrogens is 1. The molecule has 0 aliphatic rings. The second-order valence-corrected chi connectivity index (χ2v) is 6.10. The Labute approximate surface area is 142 Å². The maximum atomic E-state index is 12.4. The topological polar surface area (TPSA) is 46.5 Å². The lowest BCUT2D eigenvalue weighted by atomic mass is 10.1. The van der Waals surface area contributed by atoms with E-state index >= 15 is 0 Å². The van der Waals surface area contributed by atoms with E-state index < -0.39 is 0 Å². The predicted octanol–water partition coefficient (Wildman–Crippen LogP) is 3.35. The number of hydrogen-bond donors (Lipinski definition) is 1. The van der Waals surface area contributed by atoms with Gasteiger partial charge in [-0.1, -0.05) is 36.4 Å². The van der Waals surface area contributed by atoms with Crippen molar-refractivity contribution in [1.29, 1.82) is 0 Å². The highest BCUT2D eigenvalue weighted by atomic mass is 16.2. The molecule has 3 aromatic rings. The van der Waals surface area contributed by atoms with Crippen molar-refractivity contribution in [3.63, 3.8) is 0 Å². The van der Waals surface area contributed by atoms with Crippen molar-refractivity contribution >= 4 is 28.3 Å². The van der Waals surface area contributed by atoms with Gasteiger partial charge in [0.05, 0.1) is 7.05 Å². The fourth-order valence-corrected chi connectivity index (χ4v) is 2.82. The molecule has 0 fully saturated rings. The first-order chi connectivity index (χ1) is 11.5. The van der Waals surface area contributed by atoms with Gasteiger partial charge in [0, 0.05) is 17.1 Å². The summed E-state index contributed by atoms with van der Waals surface area (Å²) in [5, 5.41) is 4.17. The Morgan fingerprint density at radius 1 is 1.00 bits per heavy atom. The summed E-state index contributed by atoms with van der Waals surface area (Å²) >= 11 is 0. The van der Waals surface area contributed by atoms with E-state index in [-0.39, 0.29) is 12.5 Å². The van der Waals surface area contributed by atoms with Crippen molar-refractivity contribution in [2.75, 3.05) is 23.8 Å². The molecule has 0 saturated carbocycles. The second-order valence-electron chi connectivity index (χ2n) is 6.10. The summed E-state index contributed by atoms with van der Waals surface area (Å²) < 4.78 is 0. The van der Waals surface area contributed by atoms with Gasteiger partial charge in [0.1, 0.15) is 5.52 Å². The molecule has 4 nitrogen and oxygen atoms in total. The first-order valence-electron chi connectivity index (χ1n) is 8.03. The number of aryl methyl sites for hydroxylation is 2. The van der Waals surface area contributed by atoms with Crippen LogP contribution in [0.1, 0.15) is 11.1 Å². The number of rotatable bonds is 4. The van der Waals surface area contributed by atoms with Crippen molar-refractivity contribution < 1.29 is 9.78 Å². The molecule has 0 aliphatic carbocycles. The molecule has 0 spiro atoms. The summed E-state index contributed by atoms with van der Waals surface area (Å²) in [6.45, 7) is 4.29. The van der Waals surface area contributed by atoms with Gasteiger partial charge >= 0.3 is 0 Å². The van der Waals surface area contributed by atoms with E-state index in [0.717, 1.165) is 33.5 Å². The molecule has 0 bridgehead atoms. The molecule has 1 heterocycles. The summed E-state index contributed by atoms with van der Waals surface area (Å²) in [6.07, 6.45) is 0. The number of carbonyl (C=O) groups is 1. The summed E-state index contributed by atoms with van der Waals surface area (Å²) in [5.41, 5.74) is 4.10. The minimum Gasteiger partial charge on any atom is -0.322 e. The van der Waals surface area contributed by atoms with Gasteiger partial charge in [0.25, 0.3) is 11.7 Å². The molecule has 24 heavy (non-hydrogen) atoms. The van der Waals surface area contributed by atoms with Crippen LogP contribution in [0.15, 0.2) is 54.6 Å². The molecule has 0 atom stereocenters. The van der Waals surface area contributed by atoms with Crippen molar-refractivity contribution in [2.24, 2.45) is 0 Å². The second kappa shape index (κ2) is 6.71. The number of aromatic amines is 1. The minimum absolute atomic E-state index is 0.0311. The summed E-state index contributed by atoms with van der Waals surface area (Å²) in [7, 11) is 1.91. The number of para-hydroxylation sites is 2. The predicted molar refractivity (Wildman–Crippen MR) is 98.3 cm³/mol. The fraction of sp³-hybridized carbons (Fsp3) is 0.200. The van der Waals surface area contributed by atoms with Crippen molar-refractivity contribution in [2.45, 2.75) is 13.8 Å². The van der Waals surface area contributed by atoms with Crippen LogP contribution < -0.4 is 15.2 Å². The quantitative estimate of drug-likeness (QED) is 0.801. The van der Waals surface area contributed by atoms with Gasteiger partial charge in [0.2, 0.25) is 0 Å². The number of nitrogens with zero attached hydrogens (tertiary/aromatic N) is 1. The van der Waals surface area contributed by atoms with Gasteiger partial charge < -0.3 is 5.32 Å². The standard InChI is InChI=1S/C20H21N3O/c1-14-7-6-8-15(2)20(14)22-19(24)13-23(3)18-12-11-16-9-4-5-10-17(16)21-18/h4-12H,13H2,1-3H3,(H,22,24)/p+1. The molecule has 0 aliphatic heterocycles. The third kappa shape index (κ3) is 3.38. The van der Waals surface area contributed by atoms with Gasteiger partial charge in [-0.15, -0.1) is 0 Å². The monoisotopic (exact) mass is 320 g/mol. The number of carbonyl (C=O) groups excluding carboxylic acids is 1. The lowest BCUT2D eigenvalue weighted by molar-refractivity contribution is -0.330. The Bertz CT molecular complexity index is 869. The normalized spacial score (nSPS) is 10.6. The van der Waals surface area contributed by atoms with Gasteiger partial charge in [-0.3, -0.25) is 9.69 Å². The Morgan fingerprint density at radius 2 is 1.71 bits per heavy atom. The highest BCUT2D eigenvalue weighted by Crippen LogP contribution is 2.19. The van der Waals surface area contributed by atoms with E-state index in [4.69, 9.17) is 0 Å². The molecule has 122 valence electrons. The van der Waals surface area contributed by atoms with Crippen LogP contribution in [-0.2, 0) is 4.79 Å². The van der Waals surface area contributed by atoms with Gasteiger partial charge in [-0.2, -0.15) is 0 Å². The van der Waals surface area contributed by atoms with Crippen LogP contribution in [0.2, 0.25) is 0 Å². The van der Waals surface area contributed by atoms with Crippen LogP contribution >= 0.6 is 0 Å². The van der Waals surface area contributed by atoms with Crippen LogP contribution in [0.3, 0.4) is 0 Å². The first kappa shape index (κ1) is 16.0. The number of hydrogen-bond acceptors (Lipinski definition) is 2. The maximum absolute atomic E-state index is 12.4. The number of fused-ring (bicyclic) bond motifs is 1. The number of benzene rings is 2. The van der Waals surface area contributed by atoms with E-state index in [9.17, 15) is 4.79 Å². The van der Waals surface area contributed by atoms with Crippen LogP contribution in [0.5, 0.6) is 0 Å². The van der Waals surface area contributed by atoms with Crippen LogP contribution in [-0.4, -0.2) is 19.5 Å². The molecule has 2 N–H and O–H groups in total. The molecule has 0 unspecified atom stereocenters. The highest BCUT2D eigenvalue weighted by Gasteiger charge is 2.16. The van der Waals surface area contributed by atoms with Gasteiger partial charge in [-0.25, -0.2) is 4.98 Å². The van der Waals surface area contributed by atoms with Crippen molar-refractivity contribution in [3.8, 4) is 0 Å².